The monoisotopic (exact) mass is 214 g/mol. The molecular formula is C12H26N2O. The van der Waals surface area contributed by atoms with Crippen molar-refractivity contribution in [2.75, 3.05) is 45.9 Å². The molecule has 0 aromatic heterocycles. The van der Waals surface area contributed by atoms with E-state index < -0.39 is 0 Å². The van der Waals surface area contributed by atoms with Crippen LogP contribution in [-0.4, -0.2) is 50.8 Å². The Kier molecular flexibility index (Phi) is 7.88. The zero-order valence-corrected chi connectivity index (χ0v) is 10.1. The molecule has 0 aliphatic carbocycles. The average Bonchev–Trinajstić information content (AvgIpc) is 2.52. The molecule has 1 heterocycles. The fourth-order valence-electron chi connectivity index (χ4n) is 1.91. The second-order valence-corrected chi connectivity index (χ2v) is 4.26. The van der Waals surface area contributed by atoms with Crippen molar-refractivity contribution in [2.24, 2.45) is 0 Å². The van der Waals surface area contributed by atoms with Crippen molar-refractivity contribution >= 4 is 0 Å². The van der Waals surface area contributed by atoms with Crippen LogP contribution >= 0.6 is 0 Å². The molecular weight excluding hydrogens is 188 g/mol. The number of unbranched alkanes of at least 4 members (excludes halogenated alkanes) is 1. The van der Waals surface area contributed by atoms with E-state index in [4.69, 9.17) is 4.74 Å². The lowest BCUT2D eigenvalue weighted by Crippen LogP contribution is -2.28. The van der Waals surface area contributed by atoms with Crippen LogP contribution in [0.4, 0.5) is 0 Å². The highest BCUT2D eigenvalue weighted by Gasteiger charge is 2.07. The quantitative estimate of drug-likeness (QED) is 0.650. The summed E-state index contributed by atoms with van der Waals surface area (Å²) < 4.78 is 5.43. The normalized spacial score (nSPS) is 19.0. The van der Waals surface area contributed by atoms with Gasteiger partial charge in [-0.3, -0.25) is 0 Å². The van der Waals surface area contributed by atoms with Gasteiger partial charge in [0.15, 0.2) is 0 Å². The fraction of sp³-hybridized carbons (Fsp3) is 1.00. The van der Waals surface area contributed by atoms with Crippen LogP contribution in [0, 0.1) is 0 Å². The largest absolute Gasteiger partial charge is 0.380 e. The first kappa shape index (κ1) is 12.9. The van der Waals surface area contributed by atoms with E-state index in [0.717, 1.165) is 26.3 Å². The number of nitrogens with one attached hydrogen (secondary N) is 1. The van der Waals surface area contributed by atoms with E-state index >= 15 is 0 Å². The third-order valence-corrected chi connectivity index (χ3v) is 2.82. The second-order valence-electron chi connectivity index (χ2n) is 4.26. The third kappa shape index (κ3) is 6.88. The van der Waals surface area contributed by atoms with Gasteiger partial charge in [-0.25, -0.2) is 0 Å². The van der Waals surface area contributed by atoms with E-state index in [1.54, 1.807) is 0 Å². The standard InChI is InChI=1S/C12H26N2O/c1-2-6-13-7-3-4-8-14-9-5-11-15-12-10-14/h13H,2-12H2,1H3. The molecule has 0 amide bonds. The number of nitrogens with zero attached hydrogens (tertiary/aromatic N) is 1. The topological polar surface area (TPSA) is 24.5 Å². The van der Waals surface area contributed by atoms with Gasteiger partial charge in [-0.05, 0) is 45.3 Å². The lowest BCUT2D eigenvalue weighted by atomic mass is 10.2. The summed E-state index contributed by atoms with van der Waals surface area (Å²) in [4.78, 5) is 2.53. The van der Waals surface area contributed by atoms with Crippen LogP contribution in [0.5, 0.6) is 0 Å². The maximum atomic E-state index is 5.43. The van der Waals surface area contributed by atoms with Crippen molar-refractivity contribution in [1.82, 2.24) is 10.2 Å². The summed E-state index contributed by atoms with van der Waals surface area (Å²) in [5.74, 6) is 0. The second kappa shape index (κ2) is 9.13. The van der Waals surface area contributed by atoms with Gasteiger partial charge in [-0.1, -0.05) is 6.92 Å². The summed E-state index contributed by atoms with van der Waals surface area (Å²) in [7, 11) is 0. The molecule has 1 saturated heterocycles. The first-order valence-electron chi connectivity index (χ1n) is 6.44. The van der Waals surface area contributed by atoms with Crippen molar-refractivity contribution in [2.45, 2.75) is 32.6 Å². The Bertz CT molecular complexity index is 134. The molecule has 90 valence electrons. The lowest BCUT2D eigenvalue weighted by molar-refractivity contribution is 0.141. The minimum atomic E-state index is 0.925. The molecule has 3 nitrogen and oxygen atoms in total. The molecule has 0 saturated carbocycles. The van der Waals surface area contributed by atoms with Crippen molar-refractivity contribution in [3.63, 3.8) is 0 Å². The molecule has 15 heavy (non-hydrogen) atoms. The van der Waals surface area contributed by atoms with E-state index in [2.05, 4.69) is 17.1 Å². The molecule has 0 unspecified atom stereocenters. The summed E-state index contributed by atoms with van der Waals surface area (Å²) in [6.07, 6.45) is 5.06. The summed E-state index contributed by atoms with van der Waals surface area (Å²) >= 11 is 0. The Morgan fingerprint density at radius 3 is 2.93 bits per heavy atom. The van der Waals surface area contributed by atoms with E-state index in [1.807, 2.05) is 0 Å². The predicted molar refractivity (Wildman–Crippen MR) is 64.3 cm³/mol. The van der Waals surface area contributed by atoms with Gasteiger partial charge in [0.2, 0.25) is 0 Å². The SMILES string of the molecule is CCCNCCCCN1CCCOCC1. The molecule has 0 spiro atoms. The van der Waals surface area contributed by atoms with E-state index in [-0.39, 0.29) is 0 Å². The highest BCUT2D eigenvalue weighted by molar-refractivity contribution is 4.61. The summed E-state index contributed by atoms with van der Waals surface area (Å²) in [5, 5.41) is 3.44. The highest BCUT2D eigenvalue weighted by atomic mass is 16.5. The van der Waals surface area contributed by atoms with Gasteiger partial charge >= 0.3 is 0 Å². The van der Waals surface area contributed by atoms with Gasteiger partial charge in [0, 0.05) is 19.7 Å². The molecule has 0 bridgehead atoms. The van der Waals surface area contributed by atoms with Crippen LogP contribution in [0.3, 0.4) is 0 Å². The summed E-state index contributed by atoms with van der Waals surface area (Å²) in [5.41, 5.74) is 0. The fourth-order valence-corrected chi connectivity index (χ4v) is 1.91. The molecule has 0 atom stereocenters. The van der Waals surface area contributed by atoms with E-state index in [9.17, 15) is 0 Å². The molecule has 1 N–H and O–H groups in total. The predicted octanol–water partition coefficient (Wildman–Crippen LogP) is 1.49. The maximum Gasteiger partial charge on any atom is 0.0593 e. The molecule has 1 rings (SSSR count). The van der Waals surface area contributed by atoms with E-state index in [0.29, 0.717) is 0 Å². The third-order valence-electron chi connectivity index (χ3n) is 2.82. The summed E-state index contributed by atoms with van der Waals surface area (Å²) in [6.45, 7) is 10.0. The molecule has 0 aromatic rings. The first-order chi connectivity index (χ1) is 7.43. The Labute approximate surface area is 94.2 Å². The van der Waals surface area contributed by atoms with Gasteiger partial charge in [0.05, 0.1) is 6.61 Å². The van der Waals surface area contributed by atoms with Crippen molar-refractivity contribution < 1.29 is 4.74 Å². The maximum absolute atomic E-state index is 5.43. The number of hydrogen-bond acceptors (Lipinski definition) is 3. The van der Waals surface area contributed by atoms with Crippen LogP contribution < -0.4 is 5.32 Å². The Morgan fingerprint density at radius 1 is 1.13 bits per heavy atom. The molecule has 0 aromatic carbocycles. The van der Waals surface area contributed by atoms with Crippen molar-refractivity contribution in [1.29, 1.82) is 0 Å². The Hall–Kier alpha value is -0.120. The summed E-state index contributed by atoms with van der Waals surface area (Å²) in [6, 6.07) is 0. The molecule has 1 aliphatic rings. The smallest absolute Gasteiger partial charge is 0.0593 e. The van der Waals surface area contributed by atoms with Gasteiger partial charge in [0.1, 0.15) is 0 Å². The number of hydrogen-bond donors (Lipinski definition) is 1. The minimum absolute atomic E-state index is 0.925. The number of rotatable bonds is 7. The van der Waals surface area contributed by atoms with Gasteiger partial charge < -0.3 is 15.0 Å². The van der Waals surface area contributed by atoms with Crippen LogP contribution in [0.2, 0.25) is 0 Å². The van der Waals surface area contributed by atoms with Gasteiger partial charge in [-0.15, -0.1) is 0 Å². The van der Waals surface area contributed by atoms with Crippen molar-refractivity contribution in [3.05, 3.63) is 0 Å². The Balaban J connectivity index is 1.89. The lowest BCUT2D eigenvalue weighted by Gasteiger charge is -2.18. The number of ether oxygens (including phenoxy) is 1. The van der Waals surface area contributed by atoms with E-state index in [1.165, 1.54) is 45.3 Å². The molecule has 3 heteroatoms. The minimum Gasteiger partial charge on any atom is -0.380 e. The van der Waals surface area contributed by atoms with Crippen LogP contribution in [0.15, 0.2) is 0 Å². The van der Waals surface area contributed by atoms with Crippen LogP contribution in [-0.2, 0) is 4.74 Å². The molecule has 1 fully saturated rings. The zero-order chi connectivity index (χ0) is 10.8. The van der Waals surface area contributed by atoms with Crippen LogP contribution in [0.1, 0.15) is 32.6 Å². The van der Waals surface area contributed by atoms with Crippen LogP contribution in [0.25, 0.3) is 0 Å². The molecule has 1 aliphatic heterocycles. The van der Waals surface area contributed by atoms with Gasteiger partial charge in [0.25, 0.3) is 0 Å². The Morgan fingerprint density at radius 2 is 2.07 bits per heavy atom. The molecule has 0 radical (unpaired) electrons. The van der Waals surface area contributed by atoms with Crippen molar-refractivity contribution in [3.8, 4) is 0 Å². The average molecular weight is 214 g/mol. The first-order valence-corrected chi connectivity index (χ1v) is 6.44. The van der Waals surface area contributed by atoms with Gasteiger partial charge in [-0.2, -0.15) is 0 Å². The zero-order valence-electron chi connectivity index (χ0n) is 10.1. The highest BCUT2D eigenvalue weighted by Crippen LogP contribution is 2.01.